The highest BCUT2D eigenvalue weighted by Crippen LogP contribution is 2.24. The summed E-state index contributed by atoms with van der Waals surface area (Å²) in [6, 6.07) is 2.40. The Morgan fingerprint density at radius 3 is 2.32 bits per heavy atom. The van der Waals surface area contributed by atoms with Gasteiger partial charge in [0.25, 0.3) is 0 Å². The summed E-state index contributed by atoms with van der Waals surface area (Å²) < 4.78 is 53.8. The summed E-state index contributed by atoms with van der Waals surface area (Å²) in [7, 11) is -4.10. The maximum absolute atomic E-state index is 14.0. The van der Waals surface area contributed by atoms with E-state index in [4.69, 9.17) is 11.5 Å². The number of benzene rings is 1. The minimum Gasteiger partial charge on any atom is -0.405 e. The molecule has 2 fully saturated rings. The lowest BCUT2D eigenvalue weighted by Gasteiger charge is -2.38. The summed E-state index contributed by atoms with van der Waals surface area (Å²) in [6.45, 7) is 6.40. The minimum atomic E-state index is -4.10. The summed E-state index contributed by atoms with van der Waals surface area (Å²) in [5.41, 5.74) is 12.6. The topological polar surface area (TPSA) is 113 Å². The normalized spacial score (nSPS) is 19.6. The van der Waals surface area contributed by atoms with E-state index in [0.717, 1.165) is 35.1 Å². The van der Waals surface area contributed by atoms with Crippen molar-refractivity contribution in [1.29, 1.82) is 0 Å². The SMILES string of the molecule is C=C(N)/C=C(\C=C/N)CN1CCC(C(=O)N2CCN(S(=O)(=O)c3ccc(F)cc3F)CC2)CC1. The van der Waals surface area contributed by atoms with Crippen LogP contribution in [0.5, 0.6) is 0 Å². The fraction of sp³-hybridized carbons (Fsp3) is 0.435. The van der Waals surface area contributed by atoms with Crippen molar-refractivity contribution in [3.8, 4) is 0 Å². The molecular formula is C23H31F2N5O3S. The van der Waals surface area contributed by atoms with Gasteiger partial charge in [-0.05, 0) is 62.0 Å². The molecule has 0 aromatic heterocycles. The molecule has 2 aliphatic rings. The first kappa shape index (κ1) is 25.9. The van der Waals surface area contributed by atoms with Gasteiger partial charge < -0.3 is 16.4 Å². The summed E-state index contributed by atoms with van der Waals surface area (Å²) in [5, 5.41) is 0. The zero-order valence-corrected chi connectivity index (χ0v) is 19.8. The molecule has 0 spiro atoms. The van der Waals surface area contributed by atoms with Crippen LogP contribution >= 0.6 is 0 Å². The van der Waals surface area contributed by atoms with Gasteiger partial charge in [0, 0.05) is 50.4 Å². The molecule has 0 radical (unpaired) electrons. The molecule has 2 heterocycles. The number of piperazine rings is 1. The molecule has 0 saturated carbocycles. The van der Waals surface area contributed by atoms with Crippen LogP contribution in [-0.4, -0.2) is 74.2 Å². The van der Waals surface area contributed by atoms with Crippen molar-refractivity contribution >= 4 is 15.9 Å². The molecule has 4 N–H and O–H groups in total. The molecule has 2 saturated heterocycles. The molecule has 0 atom stereocenters. The van der Waals surface area contributed by atoms with E-state index in [0.29, 0.717) is 31.1 Å². The Kier molecular flexibility index (Phi) is 8.45. The average Bonchev–Trinajstić information content (AvgIpc) is 2.79. The van der Waals surface area contributed by atoms with Gasteiger partial charge in [0.05, 0.1) is 0 Å². The Balaban J connectivity index is 1.53. The molecule has 1 aromatic carbocycles. The van der Waals surface area contributed by atoms with Gasteiger partial charge in [0.15, 0.2) is 0 Å². The Bertz CT molecular complexity index is 1070. The first-order valence-electron chi connectivity index (χ1n) is 11.1. The van der Waals surface area contributed by atoms with Crippen LogP contribution in [0.3, 0.4) is 0 Å². The van der Waals surface area contributed by atoms with E-state index >= 15 is 0 Å². The first-order valence-corrected chi connectivity index (χ1v) is 12.6. The lowest BCUT2D eigenvalue weighted by atomic mass is 9.94. The Hall–Kier alpha value is -2.76. The van der Waals surface area contributed by atoms with E-state index in [-0.39, 0.29) is 38.0 Å². The maximum atomic E-state index is 14.0. The molecule has 0 unspecified atom stereocenters. The Morgan fingerprint density at radius 1 is 1.12 bits per heavy atom. The van der Waals surface area contributed by atoms with Crippen molar-refractivity contribution < 1.29 is 22.0 Å². The fourth-order valence-corrected chi connectivity index (χ4v) is 5.80. The van der Waals surface area contributed by atoms with E-state index in [1.165, 1.54) is 6.20 Å². The summed E-state index contributed by atoms with van der Waals surface area (Å²) in [5.74, 6) is -2.08. The number of nitrogens with two attached hydrogens (primary N) is 2. The quantitative estimate of drug-likeness (QED) is 0.553. The number of allylic oxidation sites excluding steroid dienone is 1. The van der Waals surface area contributed by atoms with Crippen LogP contribution in [0.4, 0.5) is 8.78 Å². The smallest absolute Gasteiger partial charge is 0.246 e. The number of carbonyl (C=O) groups excluding carboxylic acids is 1. The molecule has 8 nitrogen and oxygen atoms in total. The predicted octanol–water partition coefficient (Wildman–Crippen LogP) is 1.38. The Labute approximate surface area is 199 Å². The predicted molar refractivity (Wildman–Crippen MR) is 126 cm³/mol. The van der Waals surface area contributed by atoms with Crippen molar-refractivity contribution in [3.63, 3.8) is 0 Å². The third kappa shape index (κ3) is 6.22. The highest BCUT2D eigenvalue weighted by Gasteiger charge is 2.35. The number of nitrogens with zero attached hydrogens (tertiary/aromatic N) is 3. The van der Waals surface area contributed by atoms with Gasteiger partial charge in [-0.3, -0.25) is 9.69 Å². The number of amides is 1. The number of hydrogen-bond donors (Lipinski definition) is 2. The highest BCUT2D eigenvalue weighted by molar-refractivity contribution is 7.89. The minimum absolute atomic E-state index is 0.0117. The third-order valence-electron chi connectivity index (χ3n) is 6.09. The van der Waals surface area contributed by atoms with Crippen molar-refractivity contribution in [2.45, 2.75) is 17.7 Å². The van der Waals surface area contributed by atoms with Crippen LogP contribution in [0.1, 0.15) is 12.8 Å². The van der Waals surface area contributed by atoms with Crippen molar-refractivity contribution in [3.05, 3.63) is 66.0 Å². The monoisotopic (exact) mass is 495 g/mol. The Morgan fingerprint density at radius 2 is 1.76 bits per heavy atom. The summed E-state index contributed by atoms with van der Waals surface area (Å²) in [4.78, 5) is 16.4. The second kappa shape index (κ2) is 11.1. The molecular weight excluding hydrogens is 464 g/mol. The van der Waals surface area contributed by atoms with Crippen LogP contribution in [-0.2, 0) is 14.8 Å². The van der Waals surface area contributed by atoms with Gasteiger partial charge in [-0.15, -0.1) is 0 Å². The molecule has 2 aliphatic heterocycles. The van der Waals surface area contributed by atoms with E-state index in [2.05, 4.69) is 11.5 Å². The number of piperidine rings is 1. The maximum Gasteiger partial charge on any atom is 0.246 e. The van der Waals surface area contributed by atoms with Crippen molar-refractivity contribution in [2.75, 3.05) is 45.8 Å². The van der Waals surface area contributed by atoms with Gasteiger partial charge in [0.2, 0.25) is 15.9 Å². The van der Waals surface area contributed by atoms with Gasteiger partial charge in [-0.25, -0.2) is 17.2 Å². The molecule has 34 heavy (non-hydrogen) atoms. The second-order valence-corrected chi connectivity index (χ2v) is 10.4. The zero-order chi connectivity index (χ0) is 24.9. The van der Waals surface area contributed by atoms with Crippen molar-refractivity contribution in [1.82, 2.24) is 14.1 Å². The molecule has 1 amide bonds. The molecule has 11 heteroatoms. The largest absolute Gasteiger partial charge is 0.405 e. The number of likely N-dealkylation sites (tertiary alicyclic amines) is 1. The standard InChI is InChI=1S/C23H31F2N5O3S/c1-17(27)14-18(4-7-26)16-28-8-5-19(6-9-28)23(31)29-10-12-30(13-11-29)34(32,33)22-3-2-20(24)15-21(22)25/h2-4,7,14-15,19H,1,5-6,8-13,16,26-27H2/b7-4-,18-14+. The van der Waals surface area contributed by atoms with E-state index < -0.39 is 26.6 Å². The third-order valence-corrected chi connectivity index (χ3v) is 8.02. The van der Waals surface area contributed by atoms with Crippen LogP contribution < -0.4 is 11.5 Å². The van der Waals surface area contributed by atoms with Gasteiger partial charge in [-0.2, -0.15) is 4.31 Å². The van der Waals surface area contributed by atoms with Crippen LogP contribution in [0.2, 0.25) is 0 Å². The lowest BCUT2D eigenvalue weighted by molar-refractivity contribution is -0.138. The molecule has 1 aromatic rings. The summed E-state index contributed by atoms with van der Waals surface area (Å²) >= 11 is 0. The molecule has 186 valence electrons. The average molecular weight is 496 g/mol. The zero-order valence-electron chi connectivity index (χ0n) is 19.0. The van der Waals surface area contributed by atoms with Crippen LogP contribution in [0, 0.1) is 17.6 Å². The molecule has 0 aliphatic carbocycles. The first-order chi connectivity index (χ1) is 16.1. The van der Waals surface area contributed by atoms with Crippen molar-refractivity contribution in [2.24, 2.45) is 17.4 Å². The lowest BCUT2D eigenvalue weighted by Crippen LogP contribution is -2.53. The number of carbonyl (C=O) groups is 1. The van der Waals surface area contributed by atoms with Crippen LogP contribution in [0.25, 0.3) is 0 Å². The van der Waals surface area contributed by atoms with E-state index in [1.54, 1.807) is 17.1 Å². The summed E-state index contributed by atoms with van der Waals surface area (Å²) in [6.07, 6.45) is 6.39. The highest BCUT2D eigenvalue weighted by atomic mass is 32.2. The second-order valence-electron chi connectivity index (χ2n) is 8.51. The number of rotatable bonds is 7. The van der Waals surface area contributed by atoms with Crippen LogP contribution in [0.15, 0.2) is 59.3 Å². The number of sulfonamides is 1. The number of halogens is 2. The number of hydrogen-bond acceptors (Lipinski definition) is 6. The molecule has 3 rings (SSSR count). The van der Waals surface area contributed by atoms with Gasteiger partial charge in [0.1, 0.15) is 16.5 Å². The van der Waals surface area contributed by atoms with Gasteiger partial charge >= 0.3 is 0 Å². The van der Waals surface area contributed by atoms with E-state index in [1.807, 2.05) is 0 Å². The van der Waals surface area contributed by atoms with Gasteiger partial charge in [-0.1, -0.05) is 6.58 Å². The fourth-order valence-electron chi connectivity index (χ4n) is 4.33. The van der Waals surface area contributed by atoms with E-state index in [9.17, 15) is 22.0 Å². The molecule has 0 bridgehead atoms.